The third-order valence-corrected chi connectivity index (χ3v) is 2.58. The van der Waals surface area contributed by atoms with Crippen molar-refractivity contribution in [3.8, 4) is 0 Å². The number of allylic oxidation sites excluding steroid dienone is 4. The van der Waals surface area contributed by atoms with E-state index >= 15 is 0 Å². The van der Waals surface area contributed by atoms with Crippen molar-refractivity contribution < 1.29 is 0 Å². The Labute approximate surface area is 95.1 Å². The summed E-state index contributed by atoms with van der Waals surface area (Å²) < 4.78 is 0. The molecule has 0 N–H and O–H groups in total. The molecular weight excluding hydrogens is 180 g/mol. The molecular formula is C15H24. The van der Waals surface area contributed by atoms with Gasteiger partial charge in [-0.1, -0.05) is 26.0 Å². The van der Waals surface area contributed by atoms with Crippen LogP contribution >= 0.6 is 0 Å². The molecule has 0 rings (SSSR count). The molecule has 1 unspecified atom stereocenters. The Balaban J connectivity index is 4.84. The zero-order valence-corrected chi connectivity index (χ0v) is 10.9. The van der Waals surface area contributed by atoms with Crippen LogP contribution in [0.1, 0.15) is 47.5 Å². The summed E-state index contributed by atoms with van der Waals surface area (Å²) in [6, 6.07) is 0. The van der Waals surface area contributed by atoms with Gasteiger partial charge in [0.1, 0.15) is 0 Å². The van der Waals surface area contributed by atoms with Gasteiger partial charge in [0.15, 0.2) is 0 Å². The molecule has 15 heavy (non-hydrogen) atoms. The van der Waals surface area contributed by atoms with Crippen LogP contribution in [0.5, 0.6) is 0 Å². The highest BCUT2D eigenvalue weighted by Crippen LogP contribution is 2.29. The average Bonchev–Trinajstić information content (AvgIpc) is 2.15. The van der Waals surface area contributed by atoms with E-state index in [2.05, 4.69) is 59.1 Å². The Kier molecular flexibility index (Phi) is 6.05. The molecule has 0 aliphatic rings. The predicted octanol–water partition coefficient (Wildman–Crippen LogP) is 5.05. The van der Waals surface area contributed by atoms with E-state index in [0.717, 1.165) is 12.8 Å². The molecule has 84 valence electrons. The molecule has 0 heteroatoms. The van der Waals surface area contributed by atoms with Crippen LogP contribution in [-0.4, -0.2) is 0 Å². The first-order valence-corrected chi connectivity index (χ1v) is 5.64. The predicted molar refractivity (Wildman–Crippen MR) is 69.9 cm³/mol. The van der Waals surface area contributed by atoms with Crippen molar-refractivity contribution in [1.29, 1.82) is 0 Å². The highest BCUT2D eigenvalue weighted by molar-refractivity contribution is 5.20. The largest absolute Gasteiger partial charge is 0.122 e. The van der Waals surface area contributed by atoms with Gasteiger partial charge >= 0.3 is 0 Å². The third-order valence-electron chi connectivity index (χ3n) is 2.58. The fourth-order valence-corrected chi connectivity index (χ4v) is 1.48. The lowest BCUT2D eigenvalue weighted by Crippen LogP contribution is -2.10. The summed E-state index contributed by atoms with van der Waals surface area (Å²) in [6.07, 6.45) is 8.55. The van der Waals surface area contributed by atoms with Crippen LogP contribution in [-0.2, 0) is 0 Å². The molecule has 0 bridgehead atoms. The molecule has 0 aliphatic carbocycles. The SMILES string of the molecule is C=CCC(C)(C=C(C)C=C=C(C)C)CC. The van der Waals surface area contributed by atoms with Crippen LogP contribution in [0, 0.1) is 5.41 Å². The molecule has 0 aliphatic heterocycles. The number of hydrogen-bond acceptors (Lipinski definition) is 0. The summed E-state index contributed by atoms with van der Waals surface area (Å²) in [7, 11) is 0. The van der Waals surface area contributed by atoms with Crippen molar-refractivity contribution in [2.75, 3.05) is 0 Å². The van der Waals surface area contributed by atoms with Crippen molar-refractivity contribution in [2.24, 2.45) is 5.41 Å². The molecule has 0 nitrogen and oxygen atoms in total. The van der Waals surface area contributed by atoms with Crippen LogP contribution in [0.15, 0.2) is 41.7 Å². The van der Waals surface area contributed by atoms with Gasteiger partial charge in [0, 0.05) is 0 Å². The lowest BCUT2D eigenvalue weighted by Gasteiger charge is -2.23. The molecule has 0 fully saturated rings. The van der Waals surface area contributed by atoms with Crippen molar-refractivity contribution in [3.63, 3.8) is 0 Å². The van der Waals surface area contributed by atoms with Gasteiger partial charge in [-0.3, -0.25) is 0 Å². The first-order valence-electron chi connectivity index (χ1n) is 5.64. The zero-order valence-electron chi connectivity index (χ0n) is 10.9. The summed E-state index contributed by atoms with van der Waals surface area (Å²) in [5, 5.41) is 0. The molecule has 0 aromatic heterocycles. The second kappa shape index (κ2) is 6.48. The van der Waals surface area contributed by atoms with Gasteiger partial charge in [-0.15, -0.1) is 12.3 Å². The summed E-state index contributed by atoms with van der Waals surface area (Å²) in [6.45, 7) is 14.6. The van der Waals surface area contributed by atoms with E-state index in [9.17, 15) is 0 Å². The summed E-state index contributed by atoms with van der Waals surface area (Å²) in [5.41, 5.74) is 5.97. The van der Waals surface area contributed by atoms with Crippen molar-refractivity contribution >= 4 is 0 Å². The Morgan fingerprint density at radius 2 is 1.93 bits per heavy atom. The molecule has 1 atom stereocenters. The summed E-state index contributed by atoms with van der Waals surface area (Å²) >= 11 is 0. The summed E-state index contributed by atoms with van der Waals surface area (Å²) in [4.78, 5) is 0. The normalized spacial score (nSPS) is 15.1. The Morgan fingerprint density at radius 1 is 1.33 bits per heavy atom. The first kappa shape index (κ1) is 14.0. The van der Waals surface area contributed by atoms with Gasteiger partial charge < -0.3 is 0 Å². The maximum Gasteiger partial charge on any atom is -0.0109 e. The molecule has 0 radical (unpaired) electrons. The monoisotopic (exact) mass is 204 g/mol. The third kappa shape index (κ3) is 6.14. The van der Waals surface area contributed by atoms with E-state index < -0.39 is 0 Å². The van der Waals surface area contributed by atoms with Crippen molar-refractivity contribution in [3.05, 3.63) is 41.7 Å². The lowest BCUT2D eigenvalue weighted by atomic mass is 9.82. The van der Waals surface area contributed by atoms with E-state index in [1.165, 1.54) is 11.1 Å². The Morgan fingerprint density at radius 3 is 2.33 bits per heavy atom. The maximum atomic E-state index is 3.82. The minimum atomic E-state index is 0.242. The topological polar surface area (TPSA) is 0 Å². The van der Waals surface area contributed by atoms with Gasteiger partial charge in [0.25, 0.3) is 0 Å². The zero-order chi connectivity index (χ0) is 11.9. The first-order chi connectivity index (χ1) is 6.93. The quantitative estimate of drug-likeness (QED) is 0.334. The molecule has 0 aromatic rings. The second-order valence-corrected chi connectivity index (χ2v) is 4.68. The van der Waals surface area contributed by atoms with E-state index in [4.69, 9.17) is 0 Å². The van der Waals surface area contributed by atoms with Gasteiger partial charge in [0.05, 0.1) is 0 Å². The van der Waals surface area contributed by atoms with Crippen molar-refractivity contribution in [2.45, 2.75) is 47.5 Å². The lowest BCUT2D eigenvalue weighted by molar-refractivity contribution is 0.415. The fourth-order valence-electron chi connectivity index (χ4n) is 1.48. The van der Waals surface area contributed by atoms with Crippen LogP contribution < -0.4 is 0 Å². The molecule has 0 saturated carbocycles. The van der Waals surface area contributed by atoms with Crippen LogP contribution in [0.25, 0.3) is 0 Å². The van der Waals surface area contributed by atoms with E-state index in [0.29, 0.717) is 0 Å². The van der Waals surface area contributed by atoms with E-state index in [1.807, 2.05) is 6.08 Å². The van der Waals surface area contributed by atoms with Crippen molar-refractivity contribution in [1.82, 2.24) is 0 Å². The fraction of sp³-hybridized carbons (Fsp3) is 0.533. The van der Waals surface area contributed by atoms with Gasteiger partial charge in [-0.05, 0) is 56.3 Å². The smallest absolute Gasteiger partial charge is 0.0109 e. The minimum absolute atomic E-state index is 0.242. The minimum Gasteiger partial charge on any atom is -0.122 e. The standard InChI is InChI=1S/C15H24/c1-7-11-15(6,8-2)12-14(5)10-9-13(3)4/h7,10,12H,1,8,11H2,2-6H3. The van der Waals surface area contributed by atoms with Crippen LogP contribution in [0.2, 0.25) is 0 Å². The molecule has 0 saturated heterocycles. The van der Waals surface area contributed by atoms with Crippen LogP contribution in [0.4, 0.5) is 0 Å². The highest BCUT2D eigenvalue weighted by atomic mass is 14.2. The highest BCUT2D eigenvalue weighted by Gasteiger charge is 2.16. The van der Waals surface area contributed by atoms with Gasteiger partial charge in [-0.25, -0.2) is 0 Å². The van der Waals surface area contributed by atoms with Gasteiger partial charge in [0.2, 0.25) is 0 Å². The average molecular weight is 204 g/mol. The summed E-state index contributed by atoms with van der Waals surface area (Å²) in [5.74, 6) is 0. The Bertz CT molecular complexity index is 294. The molecule has 0 spiro atoms. The number of hydrogen-bond donors (Lipinski definition) is 0. The Hall–Kier alpha value is -1.00. The molecule has 0 amide bonds. The van der Waals surface area contributed by atoms with Crippen LogP contribution in [0.3, 0.4) is 0 Å². The van der Waals surface area contributed by atoms with E-state index in [1.54, 1.807) is 0 Å². The second-order valence-electron chi connectivity index (χ2n) is 4.68. The maximum absolute atomic E-state index is 3.82. The van der Waals surface area contributed by atoms with Gasteiger partial charge in [-0.2, -0.15) is 0 Å². The number of rotatable bonds is 5. The molecule has 0 heterocycles. The van der Waals surface area contributed by atoms with E-state index in [-0.39, 0.29) is 5.41 Å². The molecule has 0 aromatic carbocycles.